The number of carbonyl (C=O) groups excluding carboxylic acids is 1. The number of imidazole rings is 1. The van der Waals surface area contributed by atoms with Gasteiger partial charge in [0, 0.05) is 19.0 Å². The average Bonchev–Trinajstić information content (AvgIpc) is 3.94. The number of ether oxygens (including phenoxy) is 2. The maximum absolute atomic E-state index is 16.8. The van der Waals surface area contributed by atoms with E-state index < -0.39 is 41.2 Å². The fraction of sp³-hybridized carbons (Fsp3) is 0.472. The van der Waals surface area contributed by atoms with Gasteiger partial charge in [-0.3, -0.25) is 14.7 Å². The van der Waals surface area contributed by atoms with E-state index in [1.165, 1.54) is 21.3 Å². The minimum absolute atomic E-state index is 0.00760. The standard InChI is InChI=1S/C36H43FN7O5PSi/c1-4-27-32(30(37)35(47-27)43-23-39-31-33(43)41-36(40-29(45)5-2)42-34(31)46-21-13-19-38)49-50-44-20-12-18-26(44)28(48-50)22-51(3,24-14-8-6-9-15-24)25-16-10-7-11-17-25/h6-11,14-17,23,26-28,30,32,35H,4-5,12-13,18,20-22H2,1-3H3,(H,40,41,42,45)/t26-,27+,28+,30-,32?,35+,50+/m0/s1. The van der Waals surface area contributed by atoms with Crippen molar-refractivity contribution in [1.82, 2.24) is 24.2 Å². The molecule has 3 saturated heterocycles. The Balaban J connectivity index is 1.14. The number of alkyl halides is 1. The molecule has 1 amide bonds. The predicted octanol–water partition coefficient (Wildman–Crippen LogP) is 5.48. The summed E-state index contributed by atoms with van der Waals surface area (Å²) in [5.41, 5.74) is 0.506. The third-order valence-electron chi connectivity index (χ3n) is 10.1. The van der Waals surface area contributed by atoms with Crippen molar-refractivity contribution in [3.63, 3.8) is 0 Å². The monoisotopic (exact) mass is 731 g/mol. The minimum atomic E-state index is -2.21. The molecule has 3 aliphatic rings. The first-order chi connectivity index (χ1) is 24.8. The molecule has 3 aliphatic heterocycles. The van der Waals surface area contributed by atoms with Crippen LogP contribution in [0.5, 0.6) is 5.88 Å². The Morgan fingerprint density at radius 1 is 1.12 bits per heavy atom. The van der Waals surface area contributed by atoms with E-state index in [9.17, 15) is 4.79 Å². The Morgan fingerprint density at radius 2 is 1.84 bits per heavy atom. The van der Waals surface area contributed by atoms with Gasteiger partial charge in [0.25, 0.3) is 8.53 Å². The molecule has 7 atom stereocenters. The van der Waals surface area contributed by atoms with Gasteiger partial charge in [0.2, 0.25) is 17.7 Å². The zero-order valence-electron chi connectivity index (χ0n) is 29.0. The van der Waals surface area contributed by atoms with Gasteiger partial charge in [0.1, 0.15) is 20.8 Å². The van der Waals surface area contributed by atoms with E-state index in [2.05, 4.69) is 92.1 Å². The summed E-state index contributed by atoms with van der Waals surface area (Å²) in [6, 6.07) is 24.6. The number of hydrogen-bond donors (Lipinski definition) is 1. The number of amides is 1. The first kappa shape index (κ1) is 35.6. The molecule has 2 aromatic heterocycles. The number of nitrogens with one attached hydrogen (secondary N) is 1. The van der Waals surface area contributed by atoms with Crippen LogP contribution in [0.2, 0.25) is 12.6 Å². The Labute approximate surface area is 299 Å². The van der Waals surface area contributed by atoms with E-state index in [1.807, 2.05) is 13.0 Å². The highest BCUT2D eigenvalue weighted by Crippen LogP contribution is 2.59. The summed E-state index contributed by atoms with van der Waals surface area (Å²) in [7, 11) is -3.75. The van der Waals surface area contributed by atoms with Gasteiger partial charge in [0.05, 0.1) is 31.0 Å². The Kier molecular flexibility index (Phi) is 10.7. The highest BCUT2D eigenvalue weighted by molar-refractivity contribution is 7.45. The number of nitriles is 1. The van der Waals surface area contributed by atoms with Crippen molar-refractivity contribution >= 4 is 50.0 Å². The van der Waals surface area contributed by atoms with Crippen LogP contribution in [-0.4, -0.2) is 81.8 Å². The van der Waals surface area contributed by atoms with Crippen molar-refractivity contribution in [1.29, 1.82) is 5.26 Å². The molecule has 0 radical (unpaired) electrons. The summed E-state index contributed by atoms with van der Waals surface area (Å²) in [6.07, 6.45) is 0.204. The third kappa shape index (κ3) is 7.03. The lowest BCUT2D eigenvalue weighted by molar-refractivity contribution is -0.115. The molecule has 1 N–H and O–H groups in total. The first-order valence-corrected chi connectivity index (χ1v) is 21.5. The molecule has 0 aliphatic carbocycles. The number of halogens is 1. The number of nitrogens with zero attached hydrogens (tertiary/aromatic N) is 6. The minimum Gasteiger partial charge on any atom is -0.475 e. The number of fused-ring (bicyclic) bond motifs is 2. The molecule has 4 aromatic rings. The molecule has 15 heteroatoms. The van der Waals surface area contributed by atoms with Crippen LogP contribution >= 0.6 is 8.53 Å². The fourth-order valence-corrected chi connectivity index (χ4v) is 13.4. The van der Waals surface area contributed by atoms with Crippen LogP contribution in [0.4, 0.5) is 10.3 Å². The van der Waals surface area contributed by atoms with Gasteiger partial charge in [-0.25, -0.2) is 14.0 Å². The summed E-state index contributed by atoms with van der Waals surface area (Å²) < 4.78 is 46.2. The topological polar surface area (TPSA) is 137 Å². The summed E-state index contributed by atoms with van der Waals surface area (Å²) >= 11 is 0. The van der Waals surface area contributed by atoms with Crippen LogP contribution in [-0.2, 0) is 18.6 Å². The van der Waals surface area contributed by atoms with Gasteiger partial charge in [-0.05, 0) is 25.3 Å². The Bertz CT molecular complexity index is 1830. The molecule has 0 spiro atoms. The van der Waals surface area contributed by atoms with Crippen LogP contribution in [0.1, 0.15) is 52.2 Å². The van der Waals surface area contributed by atoms with Crippen LogP contribution in [0.3, 0.4) is 0 Å². The molecule has 3 fully saturated rings. The molecule has 7 rings (SSSR count). The van der Waals surface area contributed by atoms with Gasteiger partial charge in [0.15, 0.2) is 23.6 Å². The van der Waals surface area contributed by atoms with Gasteiger partial charge < -0.3 is 18.5 Å². The van der Waals surface area contributed by atoms with Crippen LogP contribution < -0.4 is 20.4 Å². The number of aromatic nitrogens is 4. The number of rotatable bonds is 13. The largest absolute Gasteiger partial charge is 0.475 e. The molecule has 0 bridgehead atoms. The maximum atomic E-state index is 16.8. The second kappa shape index (κ2) is 15.4. The van der Waals surface area contributed by atoms with Crippen molar-refractivity contribution in [3.8, 4) is 11.9 Å². The molecule has 1 unspecified atom stereocenters. The Morgan fingerprint density at radius 3 is 2.51 bits per heavy atom. The smallest absolute Gasteiger partial charge is 0.259 e. The lowest BCUT2D eigenvalue weighted by atomic mass is 10.1. The van der Waals surface area contributed by atoms with Crippen LogP contribution in [0.15, 0.2) is 67.0 Å². The maximum Gasteiger partial charge on any atom is 0.259 e. The molecule has 51 heavy (non-hydrogen) atoms. The quantitative estimate of drug-likeness (QED) is 0.107. The highest BCUT2D eigenvalue weighted by atomic mass is 31.2. The molecule has 5 heterocycles. The van der Waals surface area contributed by atoms with E-state index in [-0.39, 0.29) is 60.5 Å². The highest BCUT2D eigenvalue weighted by Gasteiger charge is 2.54. The van der Waals surface area contributed by atoms with Gasteiger partial charge >= 0.3 is 0 Å². The van der Waals surface area contributed by atoms with E-state index >= 15 is 4.39 Å². The molecule has 12 nitrogen and oxygen atoms in total. The normalized spacial score (nSPS) is 26.3. The van der Waals surface area contributed by atoms with Gasteiger partial charge in [-0.15, -0.1) is 0 Å². The zero-order valence-corrected chi connectivity index (χ0v) is 30.9. The number of anilines is 1. The van der Waals surface area contributed by atoms with E-state index in [0.29, 0.717) is 6.42 Å². The first-order valence-electron chi connectivity index (χ1n) is 17.7. The van der Waals surface area contributed by atoms with Crippen molar-refractivity contribution in [2.45, 2.75) is 95.3 Å². The van der Waals surface area contributed by atoms with Gasteiger partial charge in [-0.1, -0.05) is 91.4 Å². The second-order valence-electron chi connectivity index (χ2n) is 13.3. The van der Waals surface area contributed by atoms with Crippen LogP contribution in [0, 0.1) is 11.3 Å². The zero-order chi connectivity index (χ0) is 35.5. The number of benzene rings is 2. The second-order valence-corrected chi connectivity index (χ2v) is 19.0. The summed E-state index contributed by atoms with van der Waals surface area (Å²) in [6.45, 7) is 6.99. The molecule has 0 saturated carbocycles. The summed E-state index contributed by atoms with van der Waals surface area (Å²) in [4.78, 5) is 25.5. The predicted molar refractivity (Wildman–Crippen MR) is 194 cm³/mol. The van der Waals surface area contributed by atoms with E-state index in [0.717, 1.165) is 25.4 Å². The molecular weight excluding hydrogens is 688 g/mol. The van der Waals surface area contributed by atoms with E-state index in [4.69, 9.17) is 23.8 Å². The van der Waals surface area contributed by atoms with Crippen molar-refractivity contribution in [3.05, 3.63) is 67.0 Å². The van der Waals surface area contributed by atoms with Crippen molar-refractivity contribution in [2.24, 2.45) is 0 Å². The third-order valence-corrected chi connectivity index (χ3v) is 16.4. The fourth-order valence-electron chi connectivity index (χ4n) is 7.40. The molecular formula is C36H43FN7O5PSi. The molecule has 2 aromatic carbocycles. The lowest BCUT2D eigenvalue weighted by Crippen LogP contribution is -2.58. The summed E-state index contributed by atoms with van der Waals surface area (Å²) in [5.74, 6) is -0.216. The lowest BCUT2D eigenvalue weighted by Gasteiger charge is -2.32. The van der Waals surface area contributed by atoms with Crippen molar-refractivity contribution in [2.75, 3.05) is 18.5 Å². The number of carbonyl (C=O) groups is 1. The SMILES string of the molecule is CCC(=O)Nc1nc(OCCC#N)c2ncn([C@@H]3O[C@H](CC)C(O[P@@]4O[C@H](C[Si](C)(c5ccccc5)c5ccccc5)[C@@H]5CCCN54)[C@@H]3F)c2n1. The molecule has 268 valence electrons. The van der Waals surface area contributed by atoms with Gasteiger partial charge in [-0.2, -0.15) is 15.2 Å². The number of hydrogen-bond acceptors (Lipinski definition) is 10. The van der Waals surface area contributed by atoms with E-state index in [1.54, 1.807) is 6.92 Å². The summed E-state index contributed by atoms with van der Waals surface area (Å²) in [5, 5.41) is 14.4. The van der Waals surface area contributed by atoms with Crippen molar-refractivity contribution < 1.29 is 27.7 Å². The Hall–Kier alpha value is -3.83. The van der Waals surface area contributed by atoms with Crippen LogP contribution in [0.25, 0.3) is 11.2 Å². The average molecular weight is 732 g/mol.